The Kier molecular flexibility index (Phi) is 9.33. The maximum atomic E-state index is 13.1. The van der Waals surface area contributed by atoms with Crippen molar-refractivity contribution in [3.05, 3.63) is 94.0 Å². The molecule has 0 fully saturated rings. The number of aliphatic hydroxyl groups is 1. The molecule has 0 saturated heterocycles. The third-order valence-corrected chi connectivity index (χ3v) is 8.20. The summed E-state index contributed by atoms with van der Waals surface area (Å²) in [6.45, 7) is 7.70. The largest absolute Gasteiger partial charge is 0.481 e. The minimum Gasteiger partial charge on any atom is -0.481 e. The van der Waals surface area contributed by atoms with Gasteiger partial charge in [-0.25, -0.2) is 0 Å². The zero-order valence-corrected chi connectivity index (χ0v) is 23.4. The second kappa shape index (κ2) is 11.9. The Balaban J connectivity index is 1.93. The van der Waals surface area contributed by atoms with Crippen LogP contribution in [0.25, 0.3) is 11.1 Å². The van der Waals surface area contributed by atoms with Crippen molar-refractivity contribution in [2.45, 2.75) is 83.2 Å². The number of hydrogen-bond acceptors (Lipinski definition) is 2. The summed E-state index contributed by atoms with van der Waals surface area (Å²) in [5, 5.41) is 18.6. The Morgan fingerprint density at radius 1 is 0.756 bits per heavy atom. The van der Waals surface area contributed by atoms with E-state index in [0.29, 0.717) is 29.5 Å². The van der Waals surface area contributed by atoms with E-state index in [1.807, 2.05) is 51.1 Å². The van der Waals surface area contributed by atoms with E-state index in [1.165, 1.54) is 0 Å². The van der Waals surface area contributed by atoms with E-state index in [0.717, 1.165) is 27.8 Å². The van der Waals surface area contributed by atoms with Gasteiger partial charge in [-0.15, -0.1) is 0 Å². The molecule has 3 rings (SSSR count). The number of hydrogen-bond donors (Lipinski definition) is 2. The highest BCUT2D eigenvalue weighted by molar-refractivity contribution is 5.72. The minimum atomic E-state index is -5.84. The van der Waals surface area contributed by atoms with Gasteiger partial charge in [0.1, 0.15) is 0 Å². The molecule has 0 bridgehead atoms. The third-order valence-electron chi connectivity index (χ3n) is 8.20. The molecule has 2 N–H and O–H groups in total. The molecule has 0 radical (unpaired) electrons. The van der Waals surface area contributed by atoms with Crippen LogP contribution >= 0.6 is 0 Å². The van der Waals surface area contributed by atoms with Crippen molar-refractivity contribution in [2.75, 3.05) is 0 Å². The first-order valence-corrected chi connectivity index (χ1v) is 13.4. The van der Waals surface area contributed by atoms with E-state index in [2.05, 4.69) is 6.07 Å². The van der Waals surface area contributed by atoms with Gasteiger partial charge in [0.05, 0.1) is 6.42 Å². The summed E-state index contributed by atoms with van der Waals surface area (Å²) in [6.07, 6.45) is -12.5. The van der Waals surface area contributed by atoms with Crippen LogP contribution in [0.5, 0.6) is 0 Å². The number of halogens is 6. The summed E-state index contributed by atoms with van der Waals surface area (Å²) in [4.78, 5) is 11.0. The van der Waals surface area contributed by atoms with Gasteiger partial charge >= 0.3 is 18.3 Å². The van der Waals surface area contributed by atoms with Gasteiger partial charge in [-0.3, -0.25) is 4.79 Å². The van der Waals surface area contributed by atoms with E-state index in [-0.39, 0.29) is 6.42 Å². The van der Waals surface area contributed by atoms with Crippen LogP contribution < -0.4 is 0 Å². The van der Waals surface area contributed by atoms with Crippen LogP contribution in [0.15, 0.2) is 60.7 Å². The van der Waals surface area contributed by atoms with E-state index in [9.17, 15) is 36.2 Å². The van der Waals surface area contributed by atoms with Gasteiger partial charge in [0.15, 0.2) is 0 Å². The van der Waals surface area contributed by atoms with Gasteiger partial charge in [0.2, 0.25) is 0 Å². The predicted octanol–water partition coefficient (Wildman–Crippen LogP) is 8.49. The van der Waals surface area contributed by atoms with Crippen molar-refractivity contribution >= 4 is 5.97 Å². The summed E-state index contributed by atoms with van der Waals surface area (Å²) < 4.78 is 78.9. The van der Waals surface area contributed by atoms with Crippen molar-refractivity contribution in [1.29, 1.82) is 0 Å². The molecule has 0 spiro atoms. The average molecular weight is 581 g/mol. The standard InChI is InChI=1S/C32H34F6O3/c1-5-29(6-2,26-13-14-27(21(4)18-26)24-9-7-22(8-10-24)19-28(39)40)25-12-11-23(20(3)17-25)15-16-30(41,31(33,34)35)32(36,37)38/h7-14,17-18,41H,5-6,15-16,19H2,1-4H3,(H,39,40). The first kappa shape index (κ1) is 32.2. The first-order valence-electron chi connectivity index (χ1n) is 13.4. The summed E-state index contributed by atoms with van der Waals surface area (Å²) >= 11 is 0. The lowest BCUT2D eigenvalue weighted by Crippen LogP contribution is -2.57. The van der Waals surface area contributed by atoms with Crippen molar-refractivity contribution in [2.24, 2.45) is 0 Å². The SMILES string of the molecule is CCC(CC)(c1ccc(CCC(O)(C(F)(F)F)C(F)(F)F)c(C)c1)c1ccc(-c2ccc(CC(=O)O)cc2)c(C)c1. The monoisotopic (exact) mass is 580 g/mol. The fourth-order valence-electron chi connectivity index (χ4n) is 5.53. The second-order valence-corrected chi connectivity index (χ2v) is 10.6. The number of aryl methyl sites for hydroxylation is 3. The number of benzene rings is 3. The molecule has 0 saturated carbocycles. The molecular weight excluding hydrogens is 546 g/mol. The molecule has 0 aliphatic rings. The number of carboxylic acids is 1. The highest BCUT2D eigenvalue weighted by Gasteiger charge is 2.69. The van der Waals surface area contributed by atoms with E-state index >= 15 is 0 Å². The zero-order chi connectivity index (χ0) is 30.8. The van der Waals surface area contributed by atoms with Crippen LogP contribution in [0.4, 0.5) is 26.3 Å². The molecule has 0 amide bonds. The molecule has 0 aliphatic carbocycles. The smallest absolute Gasteiger partial charge is 0.426 e. The normalized spacial score (nSPS) is 13.0. The Morgan fingerprint density at radius 2 is 1.27 bits per heavy atom. The molecule has 3 aromatic rings. The van der Waals surface area contributed by atoms with E-state index in [4.69, 9.17) is 5.11 Å². The lowest BCUT2D eigenvalue weighted by atomic mass is 9.69. The Labute approximate surface area is 235 Å². The molecule has 3 nitrogen and oxygen atoms in total. The zero-order valence-electron chi connectivity index (χ0n) is 23.4. The Hall–Kier alpha value is -3.33. The van der Waals surface area contributed by atoms with Crippen molar-refractivity contribution in [1.82, 2.24) is 0 Å². The summed E-state index contributed by atoms with van der Waals surface area (Å²) in [7, 11) is 0. The molecule has 0 aliphatic heterocycles. The van der Waals surface area contributed by atoms with Crippen LogP contribution in [0, 0.1) is 13.8 Å². The molecule has 0 aromatic heterocycles. The highest BCUT2D eigenvalue weighted by Crippen LogP contribution is 2.46. The van der Waals surface area contributed by atoms with Crippen molar-refractivity contribution < 1.29 is 41.4 Å². The molecule has 0 heterocycles. The van der Waals surface area contributed by atoms with Crippen LogP contribution in [0.3, 0.4) is 0 Å². The van der Waals surface area contributed by atoms with E-state index in [1.54, 1.807) is 31.2 Å². The molecule has 41 heavy (non-hydrogen) atoms. The van der Waals surface area contributed by atoms with Gasteiger partial charge < -0.3 is 10.2 Å². The number of aliphatic carboxylic acids is 1. The first-order chi connectivity index (χ1) is 19.0. The van der Waals surface area contributed by atoms with Crippen molar-refractivity contribution in [3.8, 4) is 11.1 Å². The predicted molar refractivity (Wildman–Crippen MR) is 146 cm³/mol. The maximum Gasteiger partial charge on any atom is 0.426 e. The summed E-state index contributed by atoms with van der Waals surface area (Å²) in [5.74, 6) is -0.902. The fourth-order valence-corrected chi connectivity index (χ4v) is 5.53. The Morgan fingerprint density at radius 3 is 1.71 bits per heavy atom. The Bertz CT molecular complexity index is 1360. The average Bonchev–Trinajstić information content (AvgIpc) is 2.88. The van der Waals surface area contributed by atoms with Gasteiger partial charge in [0, 0.05) is 5.41 Å². The van der Waals surface area contributed by atoms with Gasteiger partial charge in [-0.2, -0.15) is 26.3 Å². The molecular formula is C32H34F6O3. The summed E-state index contributed by atoms with van der Waals surface area (Å²) in [5.41, 5.74) is 1.20. The number of alkyl halides is 6. The van der Waals surface area contributed by atoms with Crippen LogP contribution in [0.2, 0.25) is 0 Å². The number of rotatable bonds is 10. The topological polar surface area (TPSA) is 57.5 Å². The van der Waals surface area contributed by atoms with Gasteiger partial charge in [0.25, 0.3) is 5.60 Å². The molecule has 222 valence electrons. The van der Waals surface area contributed by atoms with Crippen LogP contribution in [-0.2, 0) is 23.1 Å². The highest BCUT2D eigenvalue weighted by atomic mass is 19.4. The molecule has 0 atom stereocenters. The maximum absolute atomic E-state index is 13.1. The molecule has 0 unspecified atom stereocenters. The lowest BCUT2D eigenvalue weighted by Gasteiger charge is -2.35. The summed E-state index contributed by atoms with van der Waals surface area (Å²) in [6, 6.07) is 18.6. The number of carbonyl (C=O) groups is 1. The third kappa shape index (κ3) is 6.45. The molecule has 3 aromatic carbocycles. The quantitative estimate of drug-likeness (QED) is 0.237. The van der Waals surface area contributed by atoms with Crippen LogP contribution in [0.1, 0.15) is 66.5 Å². The fraction of sp³-hybridized carbons (Fsp3) is 0.406. The molecule has 9 heteroatoms. The van der Waals surface area contributed by atoms with Crippen molar-refractivity contribution in [3.63, 3.8) is 0 Å². The van der Waals surface area contributed by atoms with E-state index < -0.39 is 42.2 Å². The van der Waals surface area contributed by atoms with Gasteiger partial charge in [-0.1, -0.05) is 74.5 Å². The number of carboxylic acid groups (broad SMARTS) is 1. The second-order valence-electron chi connectivity index (χ2n) is 10.6. The minimum absolute atomic E-state index is 0.0581. The van der Waals surface area contributed by atoms with Crippen LogP contribution in [-0.4, -0.2) is 34.1 Å². The van der Waals surface area contributed by atoms with Gasteiger partial charge in [-0.05, 0) is 84.0 Å². The lowest BCUT2D eigenvalue weighted by molar-refractivity contribution is -0.369.